The van der Waals surface area contributed by atoms with Gasteiger partial charge in [-0.05, 0) is 35.7 Å². The molecule has 0 atom stereocenters. The van der Waals surface area contributed by atoms with Crippen LogP contribution in [0.3, 0.4) is 0 Å². The Hall–Kier alpha value is -3.34. The molecule has 2 heterocycles. The molecule has 5 nitrogen and oxygen atoms in total. The Morgan fingerprint density at radius 3 is 2.88 bits per heavy atom. The summed E-state index contributed by atoms with van der Waals surface area (Å²) in [5, 5.41) is 3.94. The number of fused-ring (bicyclic) bond motifs is 1. The van der Waals surface area contributed by atoms with Crippen LogP contribution < -0.4 is 5.32 Å². The molecule has 0 aliphatic carbocycles. The van der Waals surface area contributed by atoms with Gasteiger partial charge in [0.05, 0.1) is 12.2 Å². The third-order valence-corrected chi connectivity index (χ3v) is 3.82. The van der Waals surface area contributed by atoms with E-state index in [2.05, 4.69) is 15.3 Å². The van der Waals surface area contributed by atoms with Crippen molar-refractivity contribution in [2.75, 3.05) is 0 Å². The van der Waals surface area contributed by atoms with Gasteiger partial charge in [0, 0.05) is 22.8 Å². The van der Waals surface area contributed by atoms with Crippen molar-refractivity contribution in [2.24, 2.45) is 0 Å². The topological polar surface area (TPSA) is 70.9 Å². The second-order valence-corrected chi connectivity index (χ2v) is 5.47. The number of hydrogen-bond acceptors (Lipinski definition) is 3. The summed E-state index contributed by atoms with van der Waals surface area (Å²) in [5.74, 6) is 0.406. The van der Waals surface area contributed by atoms with Crippen LogP contribution in [0, 0.1) is 0 Å². The third kappa shape index (κ3) is 2.79. The highest BCUT2D eigenvalue weighted by molar-refractivity contribution is 5.97. The van der Waals surface area contributed by atoms with E-state index >= 15 is 0 Å². The zero-order valence-electron chi connectivity index (χ0n) is 12.8. The summed E-state index contributed by atoms with van der Waals surface area (Å²) in [6.45, 7) is 0.317. The summed E-state index contributed by atoms with van der Waals surface area (Å²) in [7, 11) is 0. The second-order valence-electron chi connectivity index (χ2n) is 5.47. The highest BCUT2D eigenvalue weighted by Gasteiger charge is 2.10. The summed E-state index contributed by atoms with van der Waals surface area (Å²) in [5.41, 5.74) is 3.14. The molecular weight excluding hydrogens is 302 g/mol. The molecule has 2 N–H and O–H groups in total. The summed E-state index contributed by atoms with van der Waals surface area (Å²) in [4.78, 5) is 19.8. The van der Waals surface area contributed by atoms with Gasteiger partial charge in [0.15, 0.2) is 0 Å². The van der Waals surface area contributed by atoms with E-state index in [1.54, 1.807) is 6.26 Å². The number of nitrogens with one attached hydrogen (secondary N) is 2. The van der Waals surface area contributed by atoms with Crippen LogP contribution in [-0.4, -0.2) is 15.9 Å². The Labute approximate surface area is 138 Å². The molecule has 0 aliphatic rings. The molecule has 4 rings (SSSR count). The van der Waals surface area contributed by atoms with E-state index in [0.717, 1.165) is 16.5 Å². The largest absolute Gasteiger partial charge is 0.444 e. The molecule has 0 spiro atoms. The first-order valence-corrected chi connectivity index (χ1v) is 7.65. The second kappa shape index (κ2) is 6.04. The summed E-state index contributed by atoms with van der Waals surface area (Å²) in [6.07, 6.45) is 3.42. The van der Waals surface area contributed by atoms with E-state index < -0.39 is 0 Å². The number of H-pyrrole nitrogens is 1. The lowest BCUT2D eigenvalue weighted by molar-refractivity contribution is 0.0950. The van der Waals surface area contributed by atoms with E-state index in [9.17, 15) is 4.79 Å². The Balaban J connectivity index is 1.45. The van der Waals surface area contributed by atoms with Crippen LogP contribution in [0.2, 0.25) is 0 Å². The Bertz CT molecular complexity index is 986. The molecule has 2 aromatic heterocycles. The van der Waals surface area contributed by atoms with Crippen LogP contribution in [0.1, 0.15) is 16.1 Å². The molecular formula is C19H15N3O2. The first-order valence-electron chi connectivity index (χ1n) is 7.65. The molecule has 2 aromatic carbocycles. The number of oxazole rings is 1. The first-order chi connectivity index (χ1) is 11.8. The maximum absolute atomic E-state index is 12.3. The molecule has 1 amide bonds. The predicted molar refractivity (Wildman–Crippen MR) is 91.4 cm³/mol. The normalized spacial score (nSPS) is 10.8. The molecule has 0 radical (unpaired) electrons. The summed E-state index contributed by atoms with van der Waals surface area (Å²) in [6, 6.07) is 17.2. The van der Waals surface area contributed by atoms with Crippen molar-refractivity contribution in [1.29, 1.82) is 0 Å². The SMILES string of the molecule is O=C(NCc1coc(-c2ccccc2)n1)c1ccc2cc[nH]c2c1. The number of nitrogens with zero attached hydrogens (tertiary/aromatic N) is 1. The number of carbonyl (C=O) groups is 1. The van der Waals surface area contributed by atoms with E-state index in [1.165, 1.54) is 0 Å². The maximum Gasteiger partial charge on any atom is 0.251 e. The minimum Gasteiger partial charge on any atom is -0.444 e. The number of hydrogen-bond donors (Lipinski definition) is 2. The molecule has 0 saturated heterocycles. The molecule has 0 aliphatic heterocycles. The standard InChI is InChI=1S/C19H15N3O2/c23-18(15-7-6-13-8-9-20-17(13)10-15)21-11-16-12-24-19(22-16)14-4-2-1-3-5-14/h1-10,12,20H,11H2,(H,21,23). The minimum atomic E-state index is -0.143. The van der Waals surface area contributed by atoms with Crippen LogP contribution in [0.25, 0.3) is 22.4 Å². The molecule has 4 aromatic rings. The van der Waals surface area contributed by atoms with E-state index in [0.29, 0.717) is 23.7 Å². The van der Waals surface area contributed by atoms with Crippen molar-refractivity contribution in [2.45, 2.75) is 6.54 Å². The van der Waals surface area contributed by atoms with Crippen molar-refractivity contribution in [3.63, 3.8) is 0 Å². The van der Waals surface area contributed by atoms with Gasteiger partial charge in [-0.2, -0.15) is 0 Å². The molecule has 0 fully saturated rings. The van der Waals surface area contributed by atoms with Crippen LogP contribution in [0.15, 0.2) is 71.5 Å². The van der Waals surface area contributed by atoms with Crippen LogP contribution in [0.4, 0.5) is 0 Å². The zero-order chi connectivity index (χ0) is 16.4. The smallest absolute Gasteiger partial charge is 0.251 e. The minimum absolute atomic E-state index is 0.143. The molecule has 5 heteroatoms. The lowest BCUT2D eigenvalue weighted by Crippen LogP contribution is -2.22. The van der Waals surface area contributed by atoms with E-state index in [-0.39, 0.29) is 5.91 Å². The number of carbonyl (C=O) groups excluding carboxylic acids is 1. The Kier molecular flexibility index (Phi) is 3.59. The molecule has 118 valence electrons. The number of amides is 1. The Morgan fingerprint density at radius 2 is 2.00 bits per heavy atom. The van der Waals surface area contributed by atoms with Gasteiger partial charge in [0.1, 0.15) is 6.26 Å². The quantitative estimate of drug-likeness (QED) is 0.602. The van der Waals surface area contributed by atoms with Crippen molar-refractivity contribution < 1.29 is 9.21 Å². The fourth-order valence-corrected chi connectivity index (χ4v) is 2.56. The van der Waals surface area contributed by atoms with Crippen LogP contribution in [0.5, 0.6) is 0 Å². The fourth-order valence-electron chi connectivity index (χ4n) is 2.56. The van der Waals surface area contributed by atoms with Gasteiger partial charge in [-0.15, -0.1) is 0 Å². The third-order valence-electron chi connectivity index (χ3n) is 3.82. The average Bonchev–Trinajstić information content (AvgIpc) is 3.29. The molecule has 0 saturated carbocycles. The number of aromatic amines is 1. The van der Waals surface area contributed by atoms with Crippen molar-refractivity contribution in [3.8, 4) is 11.5 Å². The van der Waals surface area contributed by atoms with Gasteiger partial charge in [-0.1, -0.05) is 24.3 Å². The van der Waals surface area contributed by atoms with Crippen LogP contribution in [-0.2, 0) is 6.54 Å². The van der Waals surface area contributed by atoms with Crippen LogP contribution >= 0.6 is 0 Å². The fraction of sp³-hybridized carbons (Fsp3) is 0.0526. The van der Waals surface area contributed by atoms with Gasteiger partial charge in [-0.25, -0.2) is 4.98 Å². The highest BCUT2D eigenvalue weighted by atomic mass is 16.3. The lowest BCUT2D eigenvalue weighted by Gasteiger charge is -2.03. The van der Waals surface area contributed by atoms with Gasteiger partial charge in [0.2, 0.25) is 5.89 Å². The number of benzene rings is 2. The van der Waals surface area contributed by atoms with Gasteiger partial charge < -0.3 is 14.7 Å². The summed E-state index contributed by atoms with van der Waals surface area (Å²) < 4.78 is 5.47. The van der Waals surface area contributed by atoms with Crippen molar-refractivity contribution >= 4 is 16.8 Å². The number of aromatic nitrogens is 2. The van der Waals surface area contributed by atoms with Crippen molar-refractivity contribution in [3.05, 3.63) is 78.3 Å². The Morgan fingerprint density at radius 1 is 1.12 bits per heavy atom. The predicted octanol–water partition coefficient (Wildman–Crippen LogP) is 3.75. The molecule has 24 heavy (non-hydrogen) atoms. The molecule has 0 unspecified atom stereocenters. The highest BCUT2D eigenvalue weighted by Crippen LogP contribution is 2.18. The maximum atomic E-state index is 12.3. The zero-order valence-corrected chi connectivity index (χ0v) is 12.8. The summed E-state index contributed by atoms with van der Waals surface area (Å²) >= 11 is 0. The van der Waals surface area contributed by atoms with Gasteiger partial charge in [-0.3, -0.25) is 4.79 Å². The van der Waals surface area contributed by atoms with Crippen molar-refractivity contribution in [1.82, 2.24) is 15.3 Å². The monoisotopic (exact) mass is 317 g/mol. The van der Waals surface area contributed by atoms with E-state index in [4.69, 9.17) is 4.42 Å². The average molecular weight is 317 g/mol. The van der Waals surface area contributed by atoms with Gasteiger partial charge in [0.25, 0.3) is 5.91 Å². The van der Waals surface area contributed by atoms with E-state index in [1.807, 2.05) is 60.8 Å². The number of rotatable bonds is 4. The molecule has 0 bridgehead atoms. The lowest BCUT2D eigenvalue weighted by atomic mass is 10.1. The first kappa shape index (κ1) is 14.3. The van der Waals surface area contributed by atoms with Gasteiger partial charge >= 0.3 is 0 Å².